The van der Waals surface area contributed by atoms with Gasteiger partial charge in [-0.3, -0.25) is 4.79 Å². The molecule has 0 bridgehead atoms. The molecule has 0 atom stereocenters. The van der Waals surface area contributed by atoms with Crippen molar-refractivity contribution in [1.29, 1.82) is 0 Å². The molecule has 3 aromatic carbocycles. The molecule has 0 spiro atoms. The molecular formula is C23H21BrClN3O5S. The van der Waals surface area contributed by atoms with E-state index in [0.717, 1.165) is 8.78 Å². The molecule has 0 fully saturated rings. The zero-order chi connectivity index (χ0) is 24.7. The van der Waals surface area contributed by atoms with Crippen LogP contribution in [0.5, 0.6) is 11.5 Å². The largest absolute Gasteiger partial charge is 0.504 e. The Labute approximate surface area is 211 Å². The lowest BCUT2D eigenvalue weighted by molar-refractivity contribution is -0.121. The Morgan fingerprint density at radius 2 is 1.82 bits per heavy atom. The lowest BCUT2D eigenvalue weighted by Gasteiger charge is -2.21. The molecule has 0 aliphatic heterocycles. The molecule has 0 radical (unpaired) electrons. The van der Waals surface area contributed by atoms with Gasteiger partial charge in [-0.1, -0.05) is 45.7 Å². The molecule has 0 heterocycles. The molecule has 0 unspecified atom stereocenters. The van der Waals surface area contributed by atoms with E-state index in [4.69, 9.17) is 16.3 Å². The van der Waals surface area contributed by atoms with Gasteiger partial charge in [0.25, 0.3) is 5.91 Å². The Morgan fingerprint density at radius 3 is 2.47 bits per heavy atom. The molecule has 8 nitrogen and oxygen atoms in total. The van der Waals surface area contributed by atoms with Crippen LogP contribution in [0, 0.1) is 0 Å². The van der Waals surface area contributed by atoms with E-state index in [1.165, 1.54) is 25.5 Å². The van der Waals surface area contributed by atoms with E-state index in [-0.39, 0.29) is 22.9 Å². The number of hydrazone groups is 1. The molecule has 3 aromatic rings. The summed E-state index contributed by atoms with van der Waals surface area (Å²) in [6.45, 7) is -0.536. The van der Waals surface area contributed by atoms with Gasteiger partial charge in [0.15, 0.2) is 11.5 Å². The van der Waals surface area contributed by atoms with Crippen molar-refractivity contribution in [2.45, 2.75) is 11.4 Å². The van der Waals surface area contributed by atoms with Gasteiger partial charge in [-0.15, -0.1) is 0 Å². The predicted molar refractivity (Wildman–Crippen MR) is 134 cm³/mol. The Kier molecular flexibility index (Phi) is 8.67. The number of hydrogen-bond acceptors (Lipinski definition) is 6. The number of nitrogens with zero attached hydrogens (tertiary/aromatic N) is 2. The number of nitrogens with one attached hydrogen (secondary N) is 1. The Balaban J connectivity index is 1.79. The van der Waals surface area contributed by atoms with Crippen LogP contribution >= 0.6 is 27.5 Å². The highest BCUT2D eigenvalue weighted by molar-refractivity contribution is 9.10. The summed E-state index contributed by atoms with van der Waals surface area (Å²) in [6.07, 6.45) is 1.24. The van der Waals surface area contributed by atoms with Gasteiger partial charge in [0.1, 0.15) is 0 Å². The number of aromatic hydroxyl groups is 1. The maximum absolute atomic E-state index is 13.3. The van der Waals surface area contributed by atoms with Crippen molar-refractivity contribution in [3.05, 3.63) is 87.4 Å². The van der Waals surface area contributed by atoms with Gasteiger partial charge in [0, 0.05) is 21.6 Å². The van der Waals surface area contributed by atoms with Crippen LogP contribution in [0.2, 0.25) is 5.02 Å². The van der Waals surface area contributed by atoms with Crippen molar-refractivity contribution in [1.82, 2.24) is 9.73 Å². The maximum Gasteiger partial charge on any atom is 0.255 e. The zero-order valence-electron chi connectivity index (χ0n) is 18.0. The number of hydrogen-bond donors (Lipinski definition) is 2. The number of methoxy groups -OCH3 is 1. The van der Waals surface area contributed by atoms with Gasteiger partial charge in [0.05, 0.1) is 24.8 Å². The van der Waals surface area contributed by atoms with Crippen LogP contribution in [0.25, 0.3) is 0 Å². The molecule has 0 aliphatic rings. The highest BCUT2D eigenvalue weighted by Gasteiger charge is 2.27. The number of sulfonamides is 1. The van der Waals surface area contributed by atoms with Crippen molar-refractivity contribution in [3.63, 3.8) is 0 Å². The van der Waals surface area contributed by atoms with E-state index in [9.17, 15) is 18.3 Å². The zero-order valence-corrected chi connectivity index (χ0v) is 21.1. The number of ether oxygens (including phenoxy) is 1. The monoisotopic (exact) mass is 565 g/mol. The first-order chi connectivity index (χ1) is 16.2. The molecule has 11 heteroatoms. The Hall–Kier alpha value is -2.92. The van der Waals surface area contributed by atoms with E-state index in [0.29, 0.717) is 16.1 Å². The number of rotatable bonds is 9. The van der Waals surface area contributed by atoms with Gasteiger partial charge in [0.2, 0.25) is 10.0 Å². The average molecular weight is 567 g/mol. The van der Waals surface area contributed by atoms with Gasteiger partial charge in [-0.05, 0) is 54.1 Å². The smallest absolute Gasteiger partial charge is 0.255 e. The molecule has 0 saturated heterocycles. The Morgan fingerprint density at radius 1 is 1.15 bits per heavy atom. The number of phenols is 1. The third-order valence-corrected chi connectivity index (χ3v) is 7.27. The van der Waals surface area contributed by atoms with Crippen LogP contribution in [0.1, 0.15) is 11.1 Å². The van der Waals surface area contributed by atoms with Crippen LogP contribution in [0.3, 0.4) is 0 Å². The first-order valence-corrected chi connectivity index (χ1v) is 12.5. The minimum absolute atomic E-state index is 0.0438. The van der Waals surface area contributed by atoms with Crippen molar-refractivity contribution in [2.75, 3.05) is 13.7 Å². The predicted octanol–water partition coefficient (Wildman–Crippen LogP) is 4.16. The van der Waals surface area contributed by atoms with Crippen LogP contribution in [0.15, 0.2) is 81.2 Å². The molecule has 0 aromatic heterocycles. The second kappa shape index (κ2) is 11.5. The van der Waals surface area contributed by atoms with Crippen molar-refractivity contribution in [3.8, 4) is 11.5 Å². The van der Waals surface area contributed by atoms with Crippen molar-refractivity contribution >= 4 is 49.7 Å². The number of phenolic OH excluding ortho intramolecular Hbond substituents is 1. The number of halogens is 2. The van der Waals surface area contributed by atoms with E-state index in [1.807, 2.05) is 0 Å². The van der Waals surface area contributed by atoms with Gasteiger partial charge in [-0.25, -0.2) is 13.8 Å². The quantitative estimate of drug-likeness (QED) is 0.299. The Bertz CT molecular complexity index is 1280. The van der Waals surface area contributed by atoms with Crippen LogP contribution in [-0.4, -0.2) is 43.6 Å². The standard InChI is InChI=1S/C23H21BrClN3O5S/c1-33-21-4-2-3-17(23(21)30)13-26-27-22(29)15-28(14-16-5-9-19(25)10-6-16)34(31,32)20-11-7-18(24)8-12-20/h2-13,30H,14-15H2,1H3,(H,27,29)/b26-13-. The molecule has 34 heavy (non-hydrogen) atoms. The third kappa shape index (κ3) is 6.57. The van der Waals surface area contributed by atoms with Crippen molar-refractivity contribution in [2.24, 2.45) is 5.10 Å². The lowest BCUT2D eigenvalue weighted by atomic mass is 10.2. The first-order valence-electron chi connectivity index (χ1n) is 9.88. The van der Waals surface area contributed by atoms with E-state index >= 15 is 0 Å². The number of para-hydroxylation sites is 1. The average Bonchev–Trinajstić information content (AvgIpc) is 2.81. The fourth-order valence-electron chi connectivity index (χ4n) is 2.95. The van der Waals surface area contributed by atoms with E-state index < -0.39 is 22.5 Å². The summed E-state index contributed by atoms with van der Waals surface area (Å²) in [4.78, 5) is 12.6. The number of amides is 1. The van der Waals surface area contributed by atoms with Gasteiger partial charge >= 0.3 is 0 Å². The minimum Gasteiger partial charge on any atom is -0.504 e. The SMILES string of the molecule is COc1cccc(/C=N\NC(=O)CN(Cc2ccc(Cl)cc2)S(=O)(=O)c2ccc(Br)cc2)c1O. The highest BCUT2D eigenvalue weighted by Crippen LogP contribution is 2.28. The summed E-state index contributed by atoms with van der Waals surface area (Å²) >= 11 is 9.21. The molecule has 0 saturated carbocycles. The maximum atomic E-state index is 13.3. The van der Waals surface area contributed by atoms with E-state index in [2.05, 4.69) is 26.5 Å². The summed E-state index contributed by atoms with van der Waals surface area (Å²) in [5, 5.41) is 14.4. The number of carbonyl (C=O) groups is 1. The molecule has 3 rings (SSSR count). The topological polar surface area (TPSA) is 108 Å². The summed E-state index contributed by atoms with van der Waals surface area (Å²) in [5.74, 6) is -0.538. The molecule has 1 amide bonds. The van der Waals surface area contributed by atoms with E-state index in [1.54, 1.807) is 54.6 Å². The van der Waals surface area contributed by atoms with Crippen molar-refractivity contribution < 1.29 is 23.1 Å². The number of benzene rings is 3. The summed E-state index contributed by atoms with van der Waals surface area (Å²) < 4.78 is 33.4. The summed E-state index contributed by atoms with van der Waals surface area (Å²) in [7, 11) is -2.59. The first kappa shape index (κ1) is 25.7. The lowest BCUT2D eigenvalue weighted by Crippen LogP contribution is -2.39. The normalized spacial score (nSPS) is 11.6. The fourth-order valence-corrected chi connectivity index (χ4v) is 4.73. The van der Waals surface area contributed by atoms with Gasteiger partial charge in [-0.2, -0.15) is 9.41 Å². The number of carbonyl (C=O) groups excluding carboxylic acids is 1. The van der Waals surface area contributed by atoms with Gasteiger partial charge < -0.3 is 9.84 Å². The highest BCUT2D eigenvalue weighted by atomic mass is 79.9. The second-order valence-corrected chi connectivity index (χ2v) is 10.3. The molecule has 0 aliphatic carbocycles. The molecular weight excluding hydrogens is 546 g/mol. The third-order valence-electron chi connectivity index (χ3n) is 4.69. The van der Waals surface area contributed by atoms with Crippen LogP contribution in [0.4, 0.5) is 0 Å². The molecule has 178 valence electrons. The van der Waals surface area contributed by atoms with Crippen LogP contribution < -0.4 is 10.2 Å². The summed E-state index contributed by atoms with van der Waals surface area (Å²) in [5.41, 5.74) is 3.27. The van der Waals surface area contributed by atoms with Crippen LogP contribution in [-0.2, 0) is 21.4 Å². The minimum atomic E-state index is -4.00. The summed E-state index contributed by atoms with van der Waals surface area (Å²) in [6, 6.07) is 17.6. The fraction of sp³-hybridized carbons (Fsp3) is 0.130. The molecule has 2 N–H and O–H groups in total. The second-order valence-electron chi connectivity index (χ2n) is 7.04.